The molecule has 0 amide bonds. The van der Waals surface area contributed by atoms with Gasteiger partial charge in [0, 0.05) is 37.3 Å². The molecule has 28 heavy (non-hydrogen) atoms. The van der Waals surface area contributed by atoms with Gasteiger partial charge in [-0.05, 0) is 24.3 Å². The van der Waals surface area contributed by atoms with Crippen molar-refractivity contribution in [2.45, 2.75) is 24.3 Å². The molecule has 11 heteroatoms. The van der Waals surface area contributed by atoms with Crippen molar-refractivity contribution in [3.8, 4) is 10.6 Å². The van der Waals surface area contributed by atoms with Gasteiger partial charge in [-0.25, -0.2) is 18.2 Å². The molecule has 148 valence electrons. The van der Waals surface area contributed by atoms with E-state index in [2.05, 4.69) is 10.1 Å². The average molecular weight is 439 g/mol. The molecular formula is C17H18N4O4S3. The average Bonchev–Trinajstić information content (AvgIpc) is 3.46. The van der Waals surface area contributed by atoms with Crippen molar-refractivity contribution >= 4 is 38.7 Å². The van der Waals surface area contributed by atoms with Crippen molar-refractivity contribution < 1.29 is 17.9 Å². The summed E-state index contributed by atoms with van der Waals surface area (Å²) in [7, 11) is -1.84. The van der Waals surface area contributed by atoms with Crippen LogP contribution < -0.4 is 0 Å². The SMILES string of the molecule is Cn1cc(-c2nc(COC(=O)c3sccc3S(=O)(=O)N3CCCC3)cs2)cn1. The largest absolute Gasteiger partial charge is 0.455 e. The summed E-state index contributed by atoms with van der Waals surface area (Å²) >= 11 is 2.51. The van der Waals surface area contributed by atoms with Crippen molar-refractivity contribution in [2.24, 2.45) is 7.05 Å². The summed E-state index contributed by atoms with van der Waals surface area (Å²) in [5, 5.41) is 8.31. The number of esters is 1. The molecule has 0 radical (unpaired) electrons. The molecule has 1 aliphatic heterocycles. The lowest BCUT2D eigenvalue weighted by atomic mass is 10.4. The number of aryl methyl sites for hydroxylation is 1. The van der Waals surface area contributed by atoms with Crippen LogP contribution in [0.4, 0.5) is 0 Å². The Labute approximate surface area is 170 Å². The number of hydrogen-bond donors (Lipinski definition) is 0. The quantitative estimate of drug-likeness (QED) is 0.549. The smallest absolute Gasteiger partial charge is 0.350 e. The van der Waals surface area contributed by atoms with Crippen LogP contribution in [0.1, 0.15) is 28.2 Å². The van der Waals surface area contributed by atoms with Crippen LogP contribution in [0.3, 0.4) is 0 Å². The first-order valence-corrected chi connectivity index (χ1v) is 11.8. The minimum absolute atomic E-state index is 0.0172. The Morgan fingerprint density at radius 1 is 1.29 bits per heavy atom. The fraction of sp³-hybridized carbons (Fsp3) is 0.353. The van der Waals surface area contributed by atoms with E-state index in [9.17, 15) is 13.2 Å². The van der Waals surface area contributed by atoms with E-state index < -0.39 is 16.0 Å². The van der Waals surface area contributed by atoms with Crippen LogP contribution in [0.25, 0.3) is 10.6 Å². The molecule has 0 aliphatic carbocycles. The van der Waals surface area contributed by atoms with E-state index in [4.69, 9.17) is 4.74 Å². The predicted molar refractivity (Wildman–Crippen MR) is 106 cm³/mol. The zero-order valence-electron chi connectivity index (χ0n) is 15.1. The van der Waals surface area contributed by atoms with Gasteiger partial charge in [-0.2, -0.15) is 9.40 Å². The number of ether oxygens (including phenoxy) is 1. The fourth-order valence-corrected chi connectivity index (χ4v) is 6.54. The van der Waals surface area contributed by atoms with Crippen LogP contribution in [0.15, 0.2) is 34.1 Å². The Morgan fingerprint density at radius 2 is 2.07 bits per heavy atom. The number of hydrogen-bond acceptors (Lipinski definition) is 8. The highest BCUT2D eigenvalue weighted by Gasteiger charge is 2.32. The van der Waals surface area contributed by atoms with Crippen LogP contribution in [-0.2, 0) is 28.4 Å². The Hall–Kier alpha value is -2.08. The van der Waals surface area contributed by atoms with Crippen molar-refractivity contribution in [1.82, 2.24) is 19.1 Å². The van der Waals surface area contributed by atoms with Crippen LogP contribution in [0.2, 0.25) is 0 Å². The summed E-state index contributed by atoms with van der Waals surface area (Å²) in [6, 6.07) is 1.47. The number of thiophene rings is 1. The van der Waals surface area contributed by atoms with Gasteiger partial charge in [0.1, 0.15) is 21.4 Å². The summed E-state index contributed by atoms with van der Waals surface area (Å²) in [5.41, 5.74) is 1.50. The van der Waals surface area contributed by atoms with Gasteiger partial charge in [0.2, 0.25) is 10.0 Å². The molecular weight excluding hydrogens is 420 g/mol. The van der Waals surface area contributed by atoms with E-state index >= 15 is 0 Å². The van der Waals surface area contributed by atoms with Crippen LogP contribution in [0.5, 0.6) is 0 Å². The monoisotopic (exact) mass is 438 g/mol. The molecule has 0 atom stereocenters. The van der Waals surface area contributed by atoms with Crippen LogP contribution in [0, 0.1) is 0 Å². The maximum atomic E-state index is 12.8. The van der Waals surface area contributed by atoms with E-state index in [0.29, 0.717) is 18.8 Å². The van der Waals surface area contributed by atoms with E-state index in [0.717, 1.165) is 34.7 Å². The number of carbonyl (C=O) groups excluding carboxylic acids is 1. The molecule has 8 nitrogen and oxygen atoms in total. The molecule has 0 aromatic carbocycles. The van der Waals surface area contributed by atoms with Gasteiger partial charge < -0.3 is 4.74 Å². The Morgan fingerprint density at radius 3 is 2.79 bits per heavy atom. The van der Waals surface area contributed by atoms with Gasteiger partial charge in [-0.1, -0.05) is 0 Å². The maximum Gasteiger partial charge on any atom is 0.350 e. The second kappa shape index (κ2) is 7.74. The molecule has 4 heterocycles. The third-order valence-corrected chi connectivity index (χ3v) is 8.26. The highest BCUT2D eigenvalue weighted by molar-refractivity contribution is 7.89. The molecule has 1 saturated heterocycles. The van der Waals surface area contributed by atoms with E-state index in [1.807, 2.05) is 18.6 Å². The molecule has 3 aromatic rings. The van der Waals surface area contributed by atoms with Crippen molar-refractivity contribution in [3.63, 3.8) is 0 Å². The summed E-state index contributed by atoms with van der Waals surface area (Å²) in [4.78, 5) is 17.1. The number of thiazole rings is 1. The molecule has 0 N–H and O–H groups in total. The molecule has 4 rings (SSSR count). The molecule has 0 unspecified atom stereocenters. The topological polar surface area (TPSA) is 94.4 Å². The normalized spacial score (nSPS) is 15.2. The second-order valence-electron chi connectivity index (χ2n) is 6.35. The summed E-state index contributed by atoms with van der Waals surface area (Å²) < 4.78 is 34.0. The third kappa shape index (κ3) is 3.75. The highest BCUT2D eigenvalue weighted by Crippen LogP contribution is 2.29. The van der Waals surface area contributed by atoms with Crippen molar-refractivity contribution in [3.05, 3.63) is 39.8 Å². The van der Waals surface area contributed by atoms with Crippen molar-refractivity contribution in [1.29, 1.82) is 0 Å². The summed E-state index contributed by atoms with van der Waals surface area (Å²) in [6.45, 7) is 0.960. The van der Waals surface area contributed by atoms with Crippen molar-refractivity contribution in [2.75, 3.05) is 13.1 Å². The zero-order valence-corrected chi connectivity index (χ0v) is 17.5. The van der Waals surface area contributed by atoms with E-state index in [1.165, 1.54) is 21.7 Å². The predicted octanol–water partition coefficient (Wildman–Crippen LogP) is 2.75. The van der Waals surface area contributed by atoms with Gasteiger partial charge in [-0.3, -0.25) is 4.68 Å². The van der Waals surface area contributed by atoms with Crippen LogP contribution >= 0.6 is 22.7 Å². The summed E-state index contributed by atoms with van der Waals surface area (Å²) in [6.07, 6.45) is 5.25. The molecule has 0 saturated carbocycles. The number of sulfonamides is 1. The highest BCUT2D eigenvalue weighted by atomic mass is 32.2. The lowest BCUT2D eigenvalue weighted by Crippen LogP contribution is -2.28. The zero-order chi connectivity index (χ0) is 19.7. The fourth-order valence-electron chi connectivity index (χ4n) is 2.96. The summed E-state index contributed by atoms with van der Waals surface area (Å²) in [5.74, 6) is -0.649. The van der Waals surface area contributed by atoms with Crippen LogP contribution in [-0.4, -0.2) is 46.5 Å². The first kappa shape index (κ1) is 19.2. The van der Waals surface area contributed by atoms with E-state index in [-0.39, 0.29) is 16.4 Å². The van der Waals surface area contributed by atoms with Gasteiger partial charge in [0.25, 0.3) is 0 Å². The third-order valence-electron chi connectivity index (χ3n) is 4.35. The minimum Gasteiger partial charge on any atom is -0.455 e. The first-order valence-electron chi connectivity index (χ1n) is 8.63. The number of aromatic nitrogens is 3. The minimum atomic E-state index is -3.66. The molecule has 0 spiro atoms. The first-order chi connectivity index (χ1) is 13.4. The lowest BCUT2D eigenvalue weighted by Gasteiger charge is -2.15. The maximum absolute atomic E-state index is 12.8. The Kier molecular flexibility index (Phi) is 5.32. The number of carbonyl (C=O) groups is 1. The Bertz CT molecular complexity index is 1090. The van der Waals surface area contributed by atoms with E-state index in [1.54, 1.807) is 16.3 Å². The Balaban J connectivity index is 1.45. The van der Waals surface area contributed by atoms with Gasteiger partial charge in [0.05, 0.1) is 11.9 Å². The molecule has 1 fully saturated rings. The molecule has 3 aromatic heterocycles. The molecule has 1 aliphatic rings. The van der Waals surface area contributed by atoms with Gasteiger partial charge in [0.15, 0.2) is 0 Å². The standard InChI is InChI=1S/C17H18N4O4S3/c1-20-9-12(8-18-20)16-19-13(11-27-16)10-25-17(22)15-14(4-7-26-15)28(23,24)21-5-2-3-6-21/h4,7-9,11H,2-3,5-6,10H2,1H3. The lowest BCUT2D eigenvalue weighted by molar-refractivity contribution is 0.0470. The van der Waals surface area contributed by atoms with Gasteiger partial charge in [-0.15, -0.1) is 22.7 Å². The molecule has 0 bridgehead atoms. The van der Waals surface area contributed by atoms with Gasteiger partial charge >= 0.3 is 5.97 Å². The number of rotatable bonds is 6. The number of nitrogens with zero attached hydrogens (tertiary/aromatic N) is 4. The second-order valence-corrected chi connectivity index (χ2v) is 10.0.